The van der Waals surface area contributed by atoms with Gasteiger partial charge in [0.15, 0.2) is 11.6 Å². The number of anilines is 3. The van der Waals surface area contributed by atoms with Gasteiger partial charge in [0.25, 0.3) is 5.91 Å². The summed E-state index contributed by atoms with van der Waals surface area (Å²) in [5, 5.41) is 9.23. The number of hydrogen-bond acceptors (Lipinski definition) is 5. The largest absolute Gasteiger partial charge is 0.380 e. The van der Waals surface area contributed by atoms with E-state index in [-0.39, 0.29) is 42.6 Å². The molecule has 0 atom stereocenters. The Balaban J connectivity index is 0.00000193. The van der Waals surface area contributed by atoms with Crippen molar-refractivity contribution in [2.75, 3.05) is 17.2 Å². The van der Waals surface area contributed by atoms with E-state index in [1.807, 2.05) is 18.2 Å². The van der Waals surface area contributed by atoms with Gasteiger partial charge in [-0.2, -0.15) is 0 Å². The molecule has 4 rings (SSSR count). The van der Waals surface area contributed by atoms with E-state index in [4.69, 9.17) is 5.73 Å². The molecule has 2 aromatic carbocycles. The summed E-state index contributed by atoms with van der Waals surface area (Å²) >= 11 is 0. The summed E-state index contributed by atoms with van der Waals surface area (Å²) in [6, 6.07) is 9.04. The maximum absolute atomic E-state index is 14.0. The number of primary amides is 1. The third-order valence-electron chi connectivity index (χ3n) is 5.13. The maximum atomic E-state index is 14.0. The first-order chi connectivity index (χ1) is 14.9. The molecule has 0 radical (unpaired) electrons. The standard InChI is InChI=1S/C22H20F3N5O.2ClH/c23-17-3-4-18(24)21(25)15(17)10-28-19-8-20(29-11-16(19)22(26)31)30-14-2-1-13-9-27-6-5-12(13)7-14;;/h1-4,7-8,11,27H,5-6,9-10H2,(H2,26,31)(H2,28,29,30);2*1H. The number of nitrogens with one attached hydrogen (secondary N) is 3. The van der Waals surface area contributed by atoms with Crippen molar-refractivity contribution >= 4 is 47.9 Å². The number of rotatable bonds is 6. The van der Waals surface area contributed by atoms with Gasteiger partial charge >= 0.3 is 0 Å². The average Bonchev–Trinajstić information content (AvgIpc) is 2.76. The minimum atomic E-state index is -1.29. The highest BCUT2D eigenvalue weighted by molar-refractivity contribution is 5.98. The molecule has 1 aromatic heterocycles. The highest BCUT2D eigenvalue weighted by Crippen LogP contribution is 2.25. The molecule has 2 heterocycles. The van der Waals surface area contributed by atoms with Crippen LogP contribution in [-0.2, 0) is 19.5 Å². The molecule has 0 unspecified atom stereocenters. The van der Waals surface area contributed by atoms with E-state index < -0.39 is 28.9 Å². The van der Waals surface area contributed by atoms with E-state index >= 15 is 0 Å². The molecule has 1 aliphatic heterocycles. The van der Waals surface area contributed by atoms with Crippen molar-refractivity contribution in [3.63, 3.8) is 0 Å². The summed E-state index contributed by atoms with van der Waals surface area (Å²) in [5.41, 5.74) is 8.44. The van der Waals surface area contributed by atoms with E-state index in [9.17, 15) is 18.0 Å². The van der Waals surface area contributed by atoms with Crippen LogP contribution in [0.3, 0.4) is 0 Å². The number of pyridine rings is 1. The number of aromatic nitrogens is 1. The van der Waals surface area contributed by atoms with Crippen molar-refractivity contribution in [2.45, 2.75) is 19.5 Å². The fourth-order valence-electron chi connectivity index (χ4n) is 3.48. The van der Waals surface area contributed by atoms with Crippen LogP contribution in [-0.4, -0.2) is 17.4 Å². The van der Waals surface area contributed by atoms with E-state index in [0.717, 1.165) is 31.3 Å². The van der Waals surface area contributed by atoms with Gasteiger partial charge in [0.1, 0.15) is 11.6 Å². The van der Waals surface area contributed by atoms with Crippen LogP contribution in [0.1, 0.15) is 27.0 Å². The van der Waals surface area contributed by atoms with Crippen molar-refractivity contribution in [1.29, 1.82) is 0 Å². The van der Waals surface area contributed by atoms with Gasteiger partial charge in [-0.3, -0.25) is 4.79 Å². The predicted octanol–water partition coefficient (Wildman–Crippen LogP) is 4.44. The Hall–Kier alpha value is -3.01. The van der Waals surface area contributed by atoms with Gasteiger partial charge < -0.3 is 21.7 Å². The van der Waals surface area contributed by atoms with E-state index in [2.05, 4.69) is 20.9 Å². The fourth-order valence-corrected chi connectivity index (χ4v) is 3.48. The Morgan fingerprint density at radius 3 is 2.58 bits per heavy atom. The minimum absolute atomic E-state index is 0. The second-order valence-electron chi connectivity index (χ2n) is 7.19. The second kappa shape index (κ2) is 11.2. The number of fused-ring (bicyclic) bond motifs is 1. The average molecular weight is 500 g/mol. The normalized spacial score (nSPS) is 12.1. The summed E-state index contributed by atoms with van der Waals surface area (Å²) in [4.78, 5) is 16.0. The van der Waals surface area contributed by atoms with Crippen LogP contribution in [0.4, 0.5) is 30.4 Å². The number of benzene rings is 2. The zero-order valence-electron chi connectivity index (χ0n) is 17.3. The Kier molecular flexibility index (Phi) is 8.92. The van der Waals surface area contributed by atoms with Crippen molar-refractivity contribution in [3.05, 3.63) is 82.3 Å². The molecule has 1 aliphatic rings. The summed E-state index contributed by atoms with van der Waals surface area (Å²) < 4.78 is 41.3. The molecule has 11 heteroatoms. The summed E-state index contributed by atoms with van der Waals surface area (Å²) in [6.07, 6.45) is 2.18. The first-order valence-corrected chi connectivity index (χ1v) is 9.68. The van der Waals surface area contributed by atoms with Gasteiger partial charge in [-0.25, -0.2) is 18.2 Å². The van der Waals surface area contributed by atoms with Crippen LogP contribution in [0.2, 0.25) is 0 Å². The van der Waals surface area contributed by atoms with Gasteiger partial charge in [-0.1, -0.05) is 6.07 Å². The molecule has 3 aromatic rings. The van der Waals surface area contributed by atoms with Crippen LogP contribution in [0.25, 0.3) is 0 Å². The topological polar surface area (TPSA) is 92.1 Å². The third-order valence-corrected chi connectivity index (χ3v) is 5.13. The zero-order chi connectivity index (χ0) is 22.0. The maximum Gasteiger partial charge on any atom is 0.252 e. The van der Waals surface area contributed by atoms with Crippen LogP contribution in [0.5, 0.6) is 0 Å². The Morgan fingerprint density at radius 1 is 1.06 bits per heavy atom. The Bertz CT molecular complexity index is 1160. The molecule has 5 N–H and O–H groups in total. The molecule has 0 saturated carbocycles. The highest BCUT2D eigenvalue weighted by Gasteiger charge is 2.16. The first kappa shape index (κ1) is 26.2. The van der Waals surface area contributed by atoms with E-state index in [0.29, 0.717) is 11.9 Å². The molecule has 33 heavy (non-hydrogen) atoms. The zero-order valence-corrected chi connectivity index (χ0v) is 18.9. The second-order valence-corrected chi connectivity index (χ2v) is 7.19. The molecular formula is C22H22Cl2F3N5O. The van der Waals surface area contributed by atoms with Gasteiger partial charge in [-0.15, -0.1) is 24.8 Å². The SMILES string of the molecule is Cl.Cl.NC(=O)c1cnc(Nc2ccc3c(c2)CCNC3)cc1NCc1c(F)ccc(F)c1F. The van der Waals surface area contributed by atoms with Crippen molar-refractivity contribution in [2.24, 2.45) is 5.73 Å². The number of hydrogen-bond donors (Lipinski definition) is 4. The number of nitrogens with two attached hydrogens (primary N) is 1. The molecule has 0 bridgehead atoms. The van der Waals surface area contributed by atoms with Gasteiger partial charge in [0, 0.05) is 36.6 Å². The minimum Gasteiger partial charge on any atom is -0.380 e. The lowest BCUT2D eigenvalue weighted by atomic mass is 10.0. The number of nitrogens with zero attached hydrogens (tertiary/aromatic N) is 1. The van der Waals surface area contributed by atoms with Gasteiger partial charge in [0.2, 0.25) is 0 Å². The quantitative estimate of drug-likeness (QED) is 0.376. The molecule has 176 valence electrons. The molecule has 1 amide bonds. The van der Waals surface area contributed by atoms with Crippen LogP contribution >= 0.6 is 24.8 Å². The predicted molar refractivity (Wildman–Crippen MR) is 126 cm³/mol. The van der Waals surface area contributed by atoms with Crippen LogP contribution in [0.15, 0.2) is 42.6 Å². The lowest BCUT2D eigenvalue weighted by molar-refractivity contribution is 0.100. The van der Waals surface area contributed by atoms with Crippen molar-refractivity contribution in [3.8, 4) is 0 Å². The van der Waals surface area contributed by atoms with E-state index in [1.54, 1.807) is 0 Å². The molecule has 6 nitrogen and oxygen atoms in total. The number of amides is 1. The Morgan fingerprint density at radius 2 is 1.82 bits per heavy atom. The number of halogens is 5. The fraction of sp³-hybridized carbons (Fsp3) is 0.182. The number of carbonyl (C=O) groups is 1. The summed E-state index contributed by atoms with van der Waals surface area (Å²) in [6.45, 7) is 1.34. The van der Waals surface area contributed by atoms with Gasteiger partial charge in [0.05, 0.1) is 11.3 Å². The van der Waals surface area contributed by atoms with Crippen molar-refractivity contribution < 1.29 is 18.0 Å². The highest BCUT2D eigenvalue weighted by atomic mass is 35.5. The monoisotopic (exact) mass is 499 g/mol. The lowest BCUT2D eigenvalue weighted by Gasteiger charge is -2.18. The third kappa shape index (κ3) is 5.87. The van der Waals surface area contributed by atoms with Crippen LogP contribution < -0.4 is 21.7 Å². The molecule has 0 fully saturated rings. The number of carbonyl (C=O) groups excluding carboxylic acids is 1. The lowest BCUT2D eigenvalue weighted by Crippen LogP contribution is -2.23. The molecule has 0 spiro atoms. The van der Waals surface area contributed by atoms with Gasteiger partial charge in [-0.05, 0) is 48.4 Å². The molecular weight excluding hydrogens is 478 g/mol. The first-order valence-electron chi connectivity index (χ1n) is 9.68. The molecule has 0 aliphatic carbocycles. The van der Waals surface area contributed by atoms with Crippen molar-refractivity contribution in [1.82, 2.24) is 10.3 Å². The van der Waals surface area contributed by atoms with Crippen LogP contribution in [0, 0.1) is 17.5 Å². The summed E-state index contributed by atoms with van der Waals surface area (Å²) in [5.74, 6) is -3.70. The van der Waals surface area contributed by atoms with E-state index in [1.165, 1.54) is 23.4 Å². The summed E-state index contributed by atoms with van der Waals surface area (Å²) in [7, 11) is 0. The molecule has 0 saturated heterocycles. The smallest absolute Gasteiger partial charge is 0.252 e. The Labute approximate surface area is 201 Å².